The molecular weight excluding hydrogens is 272 g/mol. The largest absolute Gasteiger partial charge is 0.387 e. The first-order valence-corrected chi connectivity index (χ1v) is 7.45. The summed E-state index contributed by atoms with van der Waals surface area (Å²) < 4.78 is 1.14. The Balaban J connectivity index is 1.99. The van der Waals surface area contributed by atoms with Crippen LogP contribution in [0.25, 0.3) is 10.1 Å². The van der Waals surface area contributed by atoms with E-state index in [9.17, 15) is 9.90 Å². The highest BCUT2D eigenvalue weighted by Crippen LogP contribution is 2.29. The number of benzene rings is 1. The number of carbonyl (C=O) groups is 1. The Bertz CT molecular complexity index is 601. The zero-order chi connectivity index (χ0) is 14.8. The van der Waals surface area contributed by atoms with Gasteiger partial charge < -0.3 is 15.7 Å². The number of urea groups is 1. The molecule has 0 saturated heterocycles. The van der Waals surface area contributed by atoms with Gasteiger partial charge in [-0.15, -0.1) is 11.3 Å². The fraction of sp³-hybridized carbons (Fsp3) is 0.400. The van der Waals surface area contributed by atoms with E-state index in [2.05, 4.69) is 10.6 Å². The van der Waals surface area contributed by atoms with Crippen molar-refractivity contribution in [3.63, 3.8) is 0 Å². The lowest BCUT2D eigenvalue weighted by atomic mass is 10.1. The second kappa shape index (κ2) is 5.81. The van der Waals surface area contributed by atoms with Gasteiger partial charge >= 0.3 is 6.03 Å². The first-order chi connectivity index (χ1) is 9.37. The van der Waals surface area contributed by atoms with Crippen LogP contribution in [0, 0.1) is 0 Å². The molecule has 0 bridgehead atoms. The van der Waals surface area contributed by atoms with Crippen molar-refractivity contribution in [2.75, 3.05) is 6.54 Å². The normalized spacial score (nSPS) is 13.2. The molecule has 108 valence electrons. The van der Waals surface area contributed by atoms with Crippen LogP contribution in [0.3, 0.4) is 0 Å². The predicted octanol–water partition coefficient (Wildman–Crippen LogP) is 3.03. The molecule has 3 N–H and O–H groups in total. The minimum Gasteiger partial charge on any atom is -0.387 e. The van der Waals surface area contributed by atoms with E-state index < -0.39 is 6.10 Å². The van der Waals surface area contributed by atoms with Crippen LogP contribution in [0.15, 0.2) is 29.6 Å². The zero-order valence-electron chi connectivity index (χ0n) is 11.9. The van der Waals surface area contributed by atoms with Crippen molar-refractivity contribution in [1.82, 2.24) is 10.6 Å². The number of carbonyl (C=O) groups excluding carboxylic acids is 1. The van der Waals surface area contributed by atoms with Crippen LogP contribution in [0.4, 0.5) is 4.79 Å². The minimum atomic E-state index is -0.697. The van der Waals surface area contributed by atoms with E-state index in [1.807, 2.05) is 50.4 Å². The summed E-state index contributed by atoms with van der Waals surface area (Å²) >= 11 is 1.60. The lowest BCUT2D eigenvalue weighted by Crippen LogP contribution is -2.47. The maximum absolute atomic E-state index is 11.7. The second-order valence-corrected chi connectivity index (χ2v) is 6.70. The summed E-state index contributed by atoms with van der Waals surface area (Å²) in [4.78, 5) is 11.7. The SMILES string of the molecule is CC(C)(C)NC(=O)NCC(O)c1csc2ccccc12. The fourth-order valence-electron chi connectivity index (χ4n) is 1.94. The number of thiophene rings is 1. The van der Waals surface area contributed by atoms with Gasteiger partial charge in [0.25, 0.3) is 0 Å². The van der Waals surface area contributed by atoms with Crippen molar-refractivity contribution in [2.45, 2.75) is 32.4 Å². The maximum atomic E-state index is 11.7. The van der Waals surface area contributed by atoms with Gasteiger partial charge in [-0.1, -0.05) is 18.2 Å². The number of nitrogens with one attached hydrogen (secondary N) is 2. The molecule has 1 atom stereocenters. The molecule has 0 aliphatic rings. The second-order valence-electron chi connectivity index (χ2n) is 5.79. The molecule has 1 aromatic carbocycles. The van der Waals surface area contributed by atoms with Gasteiger partial charge in [-0.05, 0) is 37.6 Å². The molecule has 2 rings (SSSR count). The third kappa shape index (κ3) is 3.71. The molecule has 0 fully saturated rings. The van der Waals surface area contributed by atoms with Crippen LogP contribution >= 0.6 is 11.3 Å². The Kier molecular flexibility index (Phi) is 4.30. The van der Waals surface area contributed by atoms with E-state index in [4.69, 9.17) is 0 Å². The average Bonchev–Trinajstić information content (AvgIpc) is 2.78. The Morgan fingerprint density at radius 1 is 1.35 bits per heavy atom. The van der Waals surface area contributed by atoms with Crippen LogP contribution in [-0.4, -0.2) is 23.2 Å². The monoisotopic (exact) mass is 292 g/mol. The van der Waals surface area contributed by atoms with Crippen LogP contribution in [0.1, 0.15) is 32.4 Å². The van der Waals surface area contributed by atoms with Crippen molar-refractivity contribution >= 4 is 27.5 Å². The summed E-state index contributed by atoms with van der Waals surface area (Å²) in [6, 6.07) is 7.67. The summed E-state index contributed by atoms with van der Waals surface area (Å²) in [5.41, 5.74) is 0.575. The van der Waals surface area contributed by atoms with Gasteiger partial charge in [0.1, 0.15) is 0 Å². The predicted molar refractivity (Wildman–Crippen MR) is 83.1 cm³/mol. The van der Waals surface area contributed by atoms with E-state index in [1.54, 1.807) is 11.3 Å². The van der Waals surface area contributed by atoms with E-state index in [0.717, 1.165) is 15.6 Å². The summed E-state index contributed by atoms with van der Waals surface area (Å²) in [6.07, 6.45) is -0.697. The van der Waals surface area contributed by atoms with Gasteiger partial charge in [-0.3, -0.25) is 0 Å². The van der Waals surface area contributed by atoms with Gasteiger partial charge in [-0.2, -0.15) is 0 Å². The Morgan fingerprint density at radius 3 is 2.75 bits per heavy atom. The van der Waals surface area contributed by atoms with Gasteiger partial charge in [0.15, 0.2) is 0 Å². The molecule has 0 saturated carbocycles. The standard InChI is InChI=1S/C15H20N2O2S/c1-15(2,3)17-14(19)16-8-12(18)11-9-20-13-7-5-4-6-10(11)13/h4-7,9,12,18H,8H2,1-3H3,(H2,16,17,19). The van der Waals surface area contributed by atoms with Crippen molar-refractivity contribution in [3.8, 4) is 0 Å². The van der Waals surface area contributed by atoms with Gasteiger partial charge in [0, 0.05) is 22.3 Å². The first-order valence-electron chi connectivity index (χ1n) is 6.57. The number of fused-ring (bicyclic) bond motifs is 1. The summed E-state index contributed by atoms with van der Waals surface area (Å²) in [6.45, 7) is 5.93. The average molecular weight is 292 g/mol. The first kappa shape index (κ1) is 14.8. The molecule has 0 aliphatic heterocycles. The molecule has 2 amide bonds. The highest BCUT2D eigenvalue weighted by atomic mass is 32.1. The quantitative estimate of drug-likeness (QED) is 0.814. The molecule has 0 radical (unpaired) electrons. The van der Waals surface area contributed by atoms with Crippen molar-refractivity contribution < 1.29 is 9.90 Å². The van der Waals surface area contributed by atoms with Crippen molar-refractivity contribution in [3.05, 3.63) is 35.2 Å². The van der Waals surface area contributed by atoms with Crippen molar-refractivity contribution in [2.24, 2.45) is 0 Å². The summed E-state index contributed by atoms with van der Waals surface area (Å²) in [5, 5.41) is 18.7. The van der Waals surface area contributed by atoms with Crippen LogP contribution in [0.5, 0.6) is 0 Å². The number of aliphatic hydroxyl groups excluding tert-OH is 1. The molecule has 2 aromatic rings. The molecule has 20 heavy (non-hydrogen) atoms. The summed E-state index contributed by atoms with van der Waals surface area (Å²) in [7, 11) is 0. The summed E-state index contributed by atoms with van der Waals surface area (Å²) in [5.74, 6) is 0. The van der Waals surface area contributed by atoms with Gasteiger partial charge in [0.05, 0.1) is 6.10 Å². The Morgan fingerprint density at radius 2 is 2.05 bits per heavy atom. The topological polar surface area (TPSA) is 61.4 Å². The highest BCUT2D eigenvalue weighted by molar-refractivity contribution is 7.17. The van der Waals surface area contributed by atoms with Gasteiger partial charge in [0.2, 0.25) is 0 Å². The highest BCUT2D eigenvalue weighted by Gasteiger charge is 2.16. The maximum Gasteiger partial charge on any atom is 0.315 e. The molecule has 5 heteroatoms. The number of hydrogen-bond acceptors (Lipinski definition) is 3. The Hall–Kier alpha value is -1.59. The Labute approximate surface area is 122 Å². The van der Waals surface area contributed by atoms with E-state index in [0.29, 0.717) is 0 Å². The lowest BCUT2D eigenvalue weighted by Gasteiger charge is -2.21. The molecule has 0 spiro atoms. The molecule has 1 unspecified atom stereocenters. The third-order valence-corrected chi connectivity index (χ3v) is 3.80. The van der Waals surface area contributed by atoms with Gasteiger partial charge in [-0.25, -0.2) is 4.79 Å². The van der Waals surface area contributed by atoms with E-state index in [-0.39, 0.29) is 18.1 Å². The molecule has 4 nitrogen and oxygen atoms in total. The van der Waals surface area contributed by atoms with Crippen LogP contribution < -0.4 is 10.6 Å². The fourth-order valence-corrected chi connectivity index (χ4v) is 2.95. The number of rotatable bonds is 3. The molecule has 1 heterocycles. The molecule has 0 aliphatic carbocycles. The van der Waals surface area contributed by atoms with Crippen molar-refractivity contribution in [1.29, 1.82) is 0 Å². The minimum absolute atomic E-state index is 0.197. The number of hydrogen-bond donors (Lipinski definition) is 3. The smallest absolute Gasteiger partial charge is 0.315 e. The van der Waals surface area contributed by atoms with Crippen LogP contribution in [0.2, 0.25) is 0 Å². The zero-order valence-corrected chi connectivity index (χ0v) is 12.8. The number of amides is 2. The molecular formula is C15H20N2O2S. The third-order valence-electron chi connectivity index (χ3n) is 2.81. The number of aliphatic hydroxyl groups is 1. The lowest BCUT2D eigenvalue weighted by molar-refractivity contribution is 0.173. The van der Waals surface area contributed by atoms with E-state index >= 15 is 0 Å². The molecule has 1 aromatic heterocycles. The van der Waals surface area contributed by atoms with E-state index in [1.165, 1.54) is 0 Å². The van der Waals surface area contributed by atoms with Crippen LogP contribution in [-0.2, 0) is 0 Å².